The first-order valence-electron chi connectivity index (χ1n) is 3.51. The molecular formula is C8H13ClNi-. The second-order valence-electron chi connectivity index (χ2n) is 2.47. The van der Waals surface area contributed by atoms with Gasteiger partial charge in [0.05, 0.1) is 0 Å². The van der Waals surface area contributed by atoms with Crippen molar-refractivity contribution >= 4 is 10.2 Å². The number of allylic oxidation sites excluding steroid dienone is 2. The van der Waals surface area contributed by atoms with Gasteiger partial charge in [-0.2, -0.15) is 0 Å². The molecule has 1 aliphatic rings. The minimum absolute atomic E-state index is 0.868. The van der Waals surface area contributed by atoms with E-state index in [-0.39, 0.29) is 0 Å². The van der Waals surface area contributed by atoms with Gasteiger partial charge < -0.3 is 0 Å². The van der Waals surface area contributed by atoms with E-state index in [4.69, 9.17) is 0 Å². The van der Waals surface area contributed by atoms with Crippen molar-refractivity contribution in [1.82, 2.24) is 0 Å². The van der Waals surface area contributed by atoms with Crippen molar-refractivity contribution in [2.75, 3.05) is 0 Å². The van der Waals surface area contributed by atoms with Crippen molar-refractivity contribution in [1.29, 1.82) is 0 Å². The molecule has 0 amide bonds. The monoisotopic (exact) mass is 202 g/mol. The van der Waals surface area contributed by atoms with E-state index < -0.39 is 0 Å². The van der Waals surface area contributed by atoms with Gasteiger partial charge in [-0.15, -0.1) is 0 Å². The third-order valence-electron chi connectivity index (χ3n) is 1.81. The van der Waals surface area contributed by atoms with Crippen molar-refractivity contribution in [3.05, 3.63) is 19.1 Å². The summed E-state index contributed by atoms with van der Waals surface area (Å²) in [6.45, 7) is 3.67. The number of rotatable bonds is 1. The van der Waals surface area contributed by atoms with Gasteiger partial charge in [-0.1, -0.05) is 31.6 Å². The molecule has 10 heavy (non-hydrogen) atoms. The average molecular weight is 203 g/mol. The van der Waals surface area contributed by atoms with Crippen LogP contribution in [0, 0.1) is 12.8 Å². The van der Waals surface area contributed by atoms with Crippen molar-refractivity contribution in [3.8, 4) is 0 Å². The summed E-state index contributed by atoms with van der Waals surface area (Å²) in [4.78, 5) is 0. The van der Waals surface area contributed by atoms with Crippen LogP contribution in [0.2, 0.25) is 0 Å². The molecule has 0 unspecified atom stereocenters. The maximum atomic E-state index is 4.26. The minimum atomic E-state index is 0.868. The normalized spacial score (nSPS) is 19.1. The molecule has 1 rings (SSSR count). The summed E-state index contributed by atoms with van der Waals surface area (Å²) in [6.07, 6.45) is 9.80. The fourth-order valence-corrected chi connectivity index (χ4v) is 1.34. The molecule has 0 saturated heterocycles. The molecule has 0 nitrogen and oxygen atoms in total. The van der Waals surface area contributed by atoms with E-state index in [1.165, 1.54) is 25.7 Å². The van der Waals surface area contributed by atoms with Gasteiger partial charge in [0.1, 0.15) is 0 Å². The number of hydrogen-bond donors (Lipinski definition) is 0. The quantitative estimate of drug-likeness (QED) is 0.453. The van der Waals surface area contributed by atoms with Gasteiger partial charge in [0.15, 0.2) is 0 Å². The Labute approximate surface area is 75.7 Å². The third-order valence-corrected chi connectivity index (χ3v) is 1.81. The Morgan fingerprint density at radius 1 is 1.30 bits per heavy atom. The summed E-state index contributed by atoms with van der Waals surface area (Å²) in [5.74, 6) is 0.868. The summed E-state index contributed by atoms with van der Waals surface area (Å²) < 4.78 is 0. The van der Waals surface area contributed by atoms with Gasteiger partial charge in [0, 0.05) is 0 Å². The standard InChI is InChI=1S/C8H13.ClH.Ni/c1-2-5-8-6-3-4-7-8;;/h2,5,8H,1,3-4,6-7H2;1H;/q-1;;+1/p-1. The first kappa shape index (κ1) is 10.4. The number of halogens is 1. The van der Waals surface area contributed by atoms with E-state index >= 15 is 0 Å². The molecule has 0 radical (unpaired) electrons. The fraction of sp³-hybridized carbons (Fsp3) is 0.625. The van der Waals surface area contributed by atoms with Gasteiger partial charge in [0.25, 0.3) is 0 Å². The molecule has 0 N–H and O–H groups in total. The molecule has 1 aliphatic carbocycles. The first-order valence-corrected chi connectivity index (χ1v) is 4.87. The molecule has 2 heteroatoms. The Balaban J connectivity index is 0.000000371. The zero-order valence-corrected chi connectivity index (χ0v) is 7.71. The summed E-state index contributed by atoms with van der Waals surface area (Å²) >= 11 is 3.35. The molecule has 63 valence electrons. The molecule has 0 aliphatic heterocycles. The van der Waals surface area contributed by atoms with Gasteiger partial charge in [0.2, 0.25) is 0 Å². The van der Waals surface area contributed by atoms with E-state index in [1.54, 1.807) is 0 Å². The van der Waals surface area contributed by atoms with Crippen LogP contribution in [0.5, 0.6) is 0 Å². The molecule has 0 bridgehead atoms. The van der Waals surface area contributed by atoms with Crippen LogP contribution in [-0.2, 0) is 14.6 Å². The average Bonchev–Trinajstić information content (AvgIpc) is 2.46. The number of hydrogen-bond acceptors (Lipinski definition) is 0. The Kier molecular flexibility index (Phi) is 7.80. The molecule has 0 aromatic heterocycles. The summed E-state index contributed by atoms with van der Waals surface area (Å²) in [5, 5.41) is 0. The van der Waals surface area contributed by atoms with Crippen LogP contribution in [0.1, 0.15) is 25.7 Å². The van der Waals surface area contributed by atoms with Gasteiger partial charge >= 0.3 is 24.8 Å². The van der Waals surface area contributed by atoms with Crippen LogP contribution in [0.3, 0.4) is 0 Å². The summed E-state index contributed by atoms with van der Waals surface area (Å²) in [7, 11) is 4.26. The van der Waals surface area contributed by atoms with Gasteiger partial charge in [-0.05, 0) is 0 Å². The molecule has 0 heterocycles. The van der Waals surface area contributed by atoms with E-state index in [0.717, 1.165) is 5.92 Å². The predicted molar refractivity (Wildman–Crippen MR) is 42.3 cm³/mol. The van der Waals surface area contributed by atoms with Crippen LogP contribution in [0.25, 0.3) is 0 Å². The van der Waals surface area contributed by atoms with Crippen molar-refractivity contribution in [2.24, 2.45) is 5.92 Å². The maximum absolute atomic E-state index is 4.26. The van der Waals surface area contributed by atoms with Crippen LogP contribution in [0.4, 0.5) is 0 Å². The van der Waals surface area contributed by atoms with Crippen molar-refractivity contribution < 1.29 is 14.6 Å². The first-order chi connectivity index (χ1) is 4.93. The predicted octanol–water partition coefficient (Wildman–Crippen LogP) is 3.25. The second kappa shape index (κ2) is 7.50. The van der Waals surface area contributed by atoms with E-state index in [2.05, 4.69) is 37.8 Å². The Morgan fingerprint density at radius 2 is 1.80 bits per heavy atom. The van der Waals surface area contributed by atoms with Crippen LogP contribution >= 0.6 is 10.2 Å². The Bertz CT molecular complexity index is 85.3. The fourth-order valence-electron chi connectivity index (χ4n) is 1.34. The van der Waals surface area contributed by atoms with Gasteiger partial charge in [-0.3, -0.25) is 0 Å². The topological polar surface area (TPSA) is 0 Å². The SMILES string of the molecule is [CH2-]C=CC1CCCC1.[Cl][Ni]. The molecule has 0 spiro atoms. The molecular weight excluding hydrogens is 190 g/mol. The molecule has 1 fully saturated rings. The van der Waals surface area contributed by atoms with E-state index in [1.807, 2.05) is 6.08 Å². The third kappa shape index (κ3) is 4.25. The summed E-state index contributed by atoms with van der Waals surface area (Å²) in [6, 6.07) is 0. The van der Waals surface area contributed by atoms with Crippen LogP contribution in [-0.4, -0.2) is 0 Å². The summed E-state index contributed by atoms with van der Waals surface area (Å²) in [5.41, 5.74) is 0. The molecule has 1 saturated carbocycles. The van der Waals surface area contributed by atoms with E-state index in [0.29, 0.717) is 0 Å². The Morgan fingerprint density at radius 3 is 2.20 bits per heavy atom. The van der Waals surface area contributed by atoms with Crippen molar-refractivity contribution in [3.63, 3.8) is 0 Å². The van der Waals surface area contributed by atoms with Crippen LogP contribution < -0.4 is 0 Å². The molecule has 0 aromatic carbocycles. The van der Waals surface area contributed by atoms with Crippen molar-refractivity contribution in [2.45, 2.75) is 25.7 Å². The Hall–Kier alpha value is 0.394. The van der Waals surface area contributed by atoms with Gasteiger partial charge in [-0.25, -0.2) is 19.1 Å². The van der Waals surface area contributed by atoms with E-state index in [9.17, 15) is 0 Å². The zero-order valence-electron chi connectivity index (χ0n) is 5.96. The molecule has 0 atom stereocenters. The zero-order chi connectivity index (χ0) is 7.82. The van der Waals surface area contributed by atoms with Crippen LogP contribution in [0.15, 0.2) is 12.2 Å². The second-order valence-corrected chi connectivity index (χ2v) is 2.47. The molecule has 0 aromatic rings.